The quantitative estimate of drug-likeness (QED) is 0.776. The van der Waals surface area contributed by atoms with Crippen molar-refractivity contribution in [2.45, 2.75) is 25.4 Å². The number of nitrogens with zero attached hydrogens (tertiary/aromatic N) is 2. The molecular formula is C18H19N3O2S. The molecule has 1 atom stereocenters. The van der Waals surface area contributed by atoms with Gasteiger partial charge in [-0.25, -0.2) is 4.98 Å². The van der Waals surface area contributed by atoms with Crippen molar-refractivity contribution in [2.75, 3.05) is 5.32 Å². The second-order valence-corrected chi connectivity index (χ2v) is 7.22. The van der Waals surface area contributed by atoms with E-state index in [2.05, 4.69) is 10.3 Å². The van der Waals surface area contributed by atoms with E-state index in [-0.39, 0.29) is 5.91 Å². The highest BCUT2D eigenvalue weighted by Gasteiger charge is 2.09. The molecule has 124 valence electrons. The summed E-state index contributed by atoms with van der Waals surface area (Å²) in [6.45, 7) is 3.48. The predicted octanol–water partition coefficient (Wildman–Crippen LogP) is 3.05. The Labute approximate surface area is 143 Å². The number of pyridine rings is 1. The fourth-order valence-electron chi connectivity index (χ4n) is 2.62. The number of fused-ring (bicyclic) bond motifs is 1. The molecule has 24 heavy (non-hydrogen) atoms. The highest BCUT2D eigenvalue weighted by molar-refractivity contribution is 7.83. The topological polar surface area (TPSA) is 63.5 Å². The first-order chi connectivity index (χ1) is 11.5. The average molecular weight is 341 g/mol. The third kappa shape index (κ3) is 3.89. The Morgan fingerprint density at radius 2 is 2.08 bits per heavy atom. The van der Waals surface area contributed by atoms with E-state index in [4.69, 9.17) is 0 Å². The van der Waals surface area contributed by atoms with Gasteiger partial charge in [-0.3, -0.25) is 9.00 Å². The van der Waals surface area contributed by atoms with Gasteiger partial charge in [-0.15, -0.1) is 0 Å². The van der Waals surface area contributed by atoms with E-state index in [1.54, 1.807) is 0 Å². The molecule has 2 aromatic heterocycles. The Morgan fingerprint density at radius 1 is 1.25 bits per heavy atom. The molecule has 0 saturated carbocycles. The van der Waals surface area contributed by atoms with Crippen LogP contribution < -0.4 is 5.32 Å². The molecule has 3 rings (SSSR count). The molecule has 1 unspecified atom stereocenters. The van der Waals surface area contributed by atoms with E-state index in [0.29, 0.717) is 11.5 Å². The van der Waals surface area contributed by atoms with E-state index < -0.39 is 10.8 Å². The summed E-state index contributed by atoms with van der Waals surface area (Å²) in [4.78, 5) is 15.7. The number of hydrogen-bond donors (Lipinski definition) is 1. The van der Waals surface area contributed by atoms with Gasteiger partial charge in [-0.05, 0) is 36.2 Å². The minimum atomic E-state index is -1.06. The maximum atomic E-state index is 12.5. The summed E-state index contributed by atoms with van der Waals surface area (Å²) in [7, 11) is -1.06. The Balaban J connectivity index is 1.70. The van der Waals surface area contributed by atoms with Crippen molar-refractivity contribution in [3.63, 3.8) is 0 Å². The molecule has 0 aliphatic rings. The number of anilines is 1. The first-order valence-corrected chi connectivity index (χ1v) is 9.15. The summed E-state index contributed by atoms with van der Waals surface area (Å²) in [5.74, 6) is 0.722. The van der Waals surface area contributed by atoms with Gasteiger partial charge in [0.1, 0.15) is 5.65 Å². The molecule has 0 aliphatic heterocycles. The number of amides is 1. The number of hydrogen-bond acceptors (Lipinski definition) is 3. The van der Waals surface area contributed by atoms with Crippen LogP contribution >= 0.6 is 0 Å². The Hall–Kier alpha value is -2.47. The number of aromatic nitrogens is 2. The van der Waals surface area contributed by atoms with E-state index >= 15 is 0 Å². The van der Waals surface area contributed by atoms with E-state index in [1.807, 2.05) is 60.1 Å². The zero-order chi connectivity index (χ0) is 17.1. The molecule has 1 amide bonds. The summed E-state index contributed by atoms with van der Waals surface area (Å²) >= 11 is 0. The Bertz CT molecular complexity index is 918. The number of aryl methyl sites for hydroxylation is 1. The summed E-state index contributed by atoms with van der Waals surface area (Å²) in [5, 5.41) is 2.74. The fourth-order valence-corrected chi connectivity index (χ4v) is 3.74. The molecule has 0 saturated heterocycles. The lowest BCUT2D eigenvalue weighted by Gasteiger charge is -2.05. The zero-order valence-electron chi connectivity index (χ0n) is 13.7. The molecule has 5 nitrogen and oxygen atoms in total. The maximum Gasteiger partial charge on any atom is 0.221 e. The molecule has 0 bridgehead atoms. The van der Waals surface area contributed by atoms with Gasteiger partial charge in [0.2, 0.25) is 5.91 Å². The SMILES string of the molecule is CC(=O)Nc1cccc(CS(=O)Cc2cn3cccc(C)c3n2)c1. The third-order valence-corrected chi connectivity index (χ3v) is 4.88. The third-order valence-electron chi connectivity index (χ3n) is 3.61. The number of rotatable bonds is 5. The van der Waals surface area contributed by atoms with E-state index in [1.165, 1.54) is 6.92 Å². The highest BCUT2D eigenvalue weighted by atomic mass is 32.2. The van der Waals surface area contributed by atoms with Crippen LogP contribution in [0, 0.1) is 6.92 Å². The molecule has 6 heteroatoms. The van der Waals surface area contributed by atoms with Crippen LogP contribution in [-0.2, 0) is 27.1 Å². The number of carbonyl (C=O) groups excluding carboxylic acids is 1. The van der Waals surface area contributed by atoms with Crippen molar-refractivity contribution in [3.8, 4) is 0 Å². The monoisotopic (exact) mass is 341 g/mol. The van der Waals surface area contributed by atoms with Gasteiger partial charge in [0.15, 0.2) is 0 Å². The lowest BCUT2D eigenvalue weighted by molar-refractivity contribution is -0.114. The van der Waals surface area contributed by atoms with Gasteiger partial charge >= 0.3 is 0 Å². The van der Waals surface area contributed by atoms with Crippen LogP contribution in [-0.4, -0.2) is 19.5 Å². The van der Waals surface area contributed by atoms with Crippen LogP contribution in [0.15, 0.2) is 48.8 Å². The number of carbonyl (C=O) groups is 1. The van der Waals surface area contributed by atoms with Crippen LogP contribution in [0.5, 0.6) is 0 Å². The Kier molecular flexibility index (Phi) is 4.76. The van der Waals surface area contributed by atoms with Crippen LogP contribution in [0.4, 0.5) is 5.69 Å². The van der Waals surface area contributed by atoms with Crippen LogP contribution in [0.1, 0.15) is 23.7 Å². The minimum Gasteiger partial charge on any atom is -0.326 e. The summed E-state index contributed by atoms with van der Waals surface area (Å²) in [6.07, 6.45) is 3.87. The maximum absolute atomic E-state index is 12.5. The van der Waals surface area contributed by atoms with Gasteiger partial charge in [0.05, 0.1) is 11.4 Å². The molecule has 0 aliphatic carbocycles. The standard InChI is InChI=1S/C18H19N3O2S/c1-13-5-4-8-21-10-17(20-18(13)21)12-24(23)11-15-6-3-7-16(9-15)19-14(2)22/h3-10H,11-12H2,1-2H3,(H,19,22). The van der Waals surface area contributed by atoms with Crippen molar-refractivity contribution in [2.24, 2.45) is 0 Å². The summed E-state index contributed by atoms with van der Waals surface area (Å²) in [6, 6.07) is 11.4. The first kappa shape index (κ1) is 16.4. The predicted molar refractivity (Wildman–Crippen MR) is 96.2 cm³/mol. The zero-order valence-corrected chi connectivity index (χ0v) is 14.5. The minimum absolute atomic E-state index is 0.117. The normalized spacial score (nSPS) is 12.2. The molecular weight excluding hydrogens is 322 g/mol. The number of imidazole rings is 1. The smallest absolute Gasteiger partial charge is 0.221 e. The Morgan fingerprint density at radius 3 is 2.83 bits per heavy atom. The highest BCUT2D eigenvalue weighted by Crippen LogP contribution is 2.15. The van der Waals surface area contributed by atoms with Crippen LogP contribution in [0.25, 0.3) is 5.65 Å². The van der Waals surface area contributed by atoms with Crippen molar-refractivity contribution < 1.29 is 9.00 Å². The molecule has 2 heterocycles. The first-order valence-electron chi connectivity index (χ1n) is 7.66. The molecule has 1 aromatic carbocycles. The molecule has 1 N–H and O–H groups in total. The van der Waals surface area contributed by atoms with Gasteiger partial charge in [-0.2, -0.15) is 0 Å². The lowest BCUT2D eigenvalue weighted by atomic mass is 10.2. The fraction of sp³-hybridized carbons (Fsp3) is 0.222. The van der Waals surface area contributed by atoms with Gasteiger partial charge in [-0.1, -0.05) is 18.2 Å². The van der Waals surface area contributed by atoms with Crippen molar-refractivity contribution >= 4 is 28.0 Å². The summed E-state index contributed by atoms with van der Waals surface area (Å²) < 4.78 is 14.4. The molecule has 0 radical (unpaired) electrons. The molecule has 3 aromatic rings. The van der Waals surface area contributed by atoms with Crippen LogP contribution in [0.3, 0.4) is 0 Å². The van der Waals surface area contributed by atoms with Gasteiger partial charge < -0.3 is 9.72 Å². The number of benzene rings is 1. The van der Waals surface area contributed by atoms with Crippen molar-refractivity contribution in [1.29, 1.82) is 0 Å². The summed E-state index contributed by atoms with van der Waals surface area (Å²) in [5.41, 5.74) is 4.47. The van der Waals surface area contributed by atoms with E-state index in [9.17, 15) is 9.00 Å². The lowest BCUT2D eigenvalue weighted by Crippen LogP contribution is -2.06. The van der Waals surface area contributed by atoms with Crippen LogP contribution in [0.2, 0.25) is 0 Å². The second kappa shape index (κ2) is 6.97. The van der Waals surface area contributed by atoms with Gasteiger partial charge in [0, 0.05) is 41.6 Å². The molecule has 0 fully saturated rings. The van der Waals surface area contributed by atoms with Crippen molar-refractivity contribution in [3.05, 3.63) is 65.6 Å². The van der Waals surface area contributed by atoms with Gasteiger partial charge in [0.25, 0.3) is 0 Å². The largest absolute Gasteiger partial charge is 0.326 e. The number of nitrogens with one attached hydrogen (secondary N) is 1. The van der Waals surface area contributed by atoms with Crippen molar-refractivity contribution in [1.82, 2.24) is 9.38 Å². The molecule has 0 spiro atoms. The van der Waals surface area contributed by atoms with E-state index in [0.717, 1.165) is 28.2 Å². The average Bonchev–Trinajstić information content (AvgIpc) is 2.90. The second-order valence-electron chi connectivity index (χ2n) is 5.76.